The van der Waals surface area contributed by atoms with Crippen LogP contribution in [0.2, 0.25) is 0 Å². The van der Waals surface area contributed by atoms with Crippen LogP contribution in [0, 0.1) is 15.9 Å². The van der Waals surface area contributed by atoms with E-state index in [4.69, 9.17) is 9.47 Å². The number of nitrogens with zero attached hydrogens (tertiary/aromatic N) is 1. The van der Waals surface area contributed by atoms with Crippen molar-refractivity contribution in [1.82, 2.24) is 5.32 Å². The minimum absolute atomic E-state index is 0.104. The number of hydrogen-bond donors (Lipinski definition) is 1. The number of halogens is 1. The van der Waals surface area contributed by atoms with Gasteiger partial charge in [0.05, 0.1) is 36.6 Å². The minimum atomic E-state index is -0.822. The fraction of sp³-hybridized carbons (Fsp3) is 0.571. The van der Waals surface area contributed by atoms with E-state index >= 15 is 0 Å². The van der Waals surface area contributed by atoms with Crippen molar-refractivity contribution in [2.75, 3.05) is 43.9 Å². The molecule has 1 aromatic carbocycles. The molecule has 1 aliphatic rings. The van der Waals surface area contributed by atoms with Gasteiger partial charge in [0.15, 0.2) is 0 Å². The maximum Gasteiger partial charge on any atom is 0.305 e. The molecule has 0 bridgehead atoms. The first-order valence-corrected chi connectivity index (χ1v) is 9.38. The lowest BCUT2D eigenvalue weighted by atomic mass is 10.1. The zero-order chi connectivity index (χ0) is 16.5. The Hall–Kier alpha value is -0.870. The Morgan fingerprint density at radius 3 is 2.91 bits per heavy atom. The second-order valence-corrected chi connectivity index (χ2v) is 7.05. The number of nitro groups is 1. The van der Waals surface area contributed by atoms with Crippen molar-refractivity contribution in [3.8, 4) is 0 Å². The summed E-state index contributed by atoms with van der Waals surface area (Å²) in [5.41, 5.74) is 0.186. The van der Waals surface area contributed by atoms with Crippen LogP contribution in [0.25, 0.3) is 0 Å². The third kappa shape index (κ3) is 6.27. The molecule has 1 unspecified atom stereocenters. The van der Waals surface area contributed by atoms with E-state index in [-0.39, 0.29) is 5.25 Å². The molecule has 0 amide bonds. The number of nitrogens with one attached hydrogen (secondary N) is 1. The molecule has 1 N–H and O–H groups in total. The van der Waals surface area contributed by atoms with Crippen molar-refractivity contribution >= 4 is 29.2 Å². The standard InChI is InChI=1S/C14H19FN2O4S2/c15-12-2-1-11(7-13(12)17(18)19)14-8-21-4-3-20-5-6-22-9-16-10-23-14/h1-2,7,14,16H,3-6,8-10H2. The Kier molecular flexibility index (Phi) is 8.10. The number of rotatable bonds is 2. The summed E-state index contributed by atoms with van der Waals surface area (Å²) in [4.78, 5) is 10.2. The molecule has 0 aliphatic carbocycles. The predicted octanol–water partition coefficient (Wildman–Crippen LogP) is 2.79. The highest BCUT2D eigenvalue weighted by atomic mass is 32.2. The summed E-state index contributed by atoms with van der Waals surface area (Å²) in [5, 5.41) is 14.1. The van der Waals surface area contributed by atoms with E-state index in [2.05, 4.69) is 5.32 Å². The Balaban J connectivity index is 2.06. The van der Waals surface area contributed by atoms with Gasteiger partial charge in [-0.1, -0.05) is 6.07 Å². The maximum atomic E-state index is 13.5. The first-order chi connectivity index (χ1) is 11.2. The first-order valence-electron chi connectivity index (χ1n) is 7.18. The molecular formula is C14H19FN2O4S2. The van der Waals surface area contributed by atoms with Gasteiger partial charge in [-0.25, -0.2) is 0 Å². The van der Waals surface area contributed by atoms with Gasteiger partial charge in [0.25, 0.3) is 0 Å². The molecule has 2 rings (SSSR count). The molecule has 0 saturated carbocycles. The van der Waals surface area contributed by atoms with Crippen LogP contribution in [0.4, 0.5) is 10.1 Å². The van der Waals surface area contributed by atoms with E-state index in [9.17, 15) is 14.5 Å². The fourth-order valence-corrected chi connectivity index (χ4v) is 3.69. The highest BCUT2D eigenvalue weighted by Crippen LogP contribution is 2.32. The molecule has 128 valence electrons. The van der Waals surface area contributed by atoms with E-state index in [1.807, 2.05) is 0 Å². The zero-order valence-electron chi connectivity index (χ0n) is 12.5. The van der Waals surface area contributed by atoms with Gasteiger partial charge in [-0.3, -0.25) is 15.4 Å². The lowest BCUT2D eigenvalue weighted by molar-refractivity contribution is -0.387. The van der Waals surface area contributed by atoms with E-state index < -0.39 is 16.4 Å². The lowest BCUT2D eigenvalue weighted by Crippen LogP contribution is -2.15. The molecule has 6 nitrogen and oxygen atoms in total. The van der Waals surface area contributed by atoms with Crippen molar-refractivity contribution in [2.24, 2.45) is 0 Å². The minimum Gasteiger partial charge on any atom is -0.378 e. The van der Waals surface area contributed by atoms with Crippen LogP contribution >= 0.6 is 23.5 Å². The topological polar surface area (TPSA) is 73.6 Å². The molecular weight excluding hydrogens is 343 g/mol. The van der Waals surface area contributed by atoms with Crippen LogP contribution in [-0.4, -0.2) is 48.9 Å². The van der Waals surface area contributed by atoms with Gasteiger partial charge in [-0.15, -0.1) is 23.5 Å². The van der Waals surface area contributed by atoms with Crippen LogP contribution in [0.15, 0.2) is 18.2 Å². The molecule has 1 atom stereocenters. The van der Waals surface area contributed by atoms with E-state index in [1.54, 1.807) is 29.6 Å². The molecule has 0 aromatic heterocycles. The summed E-state index contributed by atoms with van der Waals surface area (Å²) in [6.07, 6.45) is 0. The van der Waals surface area contributed by atoms with Gasteiger partial charge in [0, 0.05) is 23.6 Å². The van der Waals surface area contributed by atoms with Crippen molar-refractivity contribution in [2.45, 2.75) is 5.25 Å². The molecule has 1 aromatic rings. The highest BCUT2D eigenvalue weighted by molar-refractivity contribution is 8.00. The van der Waals surface area contributed by atoms with Gasteiger partial charge in [0.2, 0.25) is 5.82 Å². The zero-order valence-corrected chi connectivity index (χ0v) is 14.2. The largest absolute Gasteiger partial charge is 0.378 e. The third-order valence-corrected chi connectivity index (χ3v) is 5.19. The summed E-state index contributed by atoms with van der Waals surface area (Å²) in [5.74, 6) is 1.60. The van der Waals surface area contributed by atoms with Gasteiger partial charge < -0.3 is 9.47 Å². The van der Waals surface area contributed by atoms with Crippen molar-refractivity contribution in [3.63, 3.8) is 0 Å². The van der Waals surface area contributed by atoms with Crippen LogP contribution in [0.1, 0.15) is 10.8 Å². The normalized spacial score (nSPS) is 21.7. The number of benzene rings is 1. The van der Waals surface area contributed by atoms with Crippen molar-refractivity contribution in [3.05, 3.63) is 39.7 Å². The SMILES string of the molecule is O=[N+]([O-])c1cc(C2COCCOCCSCNCS2)ccc1F. The van der Waals surface area contributed by atoms with Crippen molar-refractivity contribution in [1.29, 1.82) is 0 Å². The van der Waals surface area contributed by atoms with E-state index in [0.29, 0.717) is 37.9 Å². The van der Waals surface area contributed by atoms with Crippen LogP contribution in [-0.2, 0) is 9.47 Å². The highest BCUT2D eigenvalue weighted by Gasteiger charge is 2.20. The van der Waals surface area contributed by atoms with Crippen LogP contribution < -0.4 is 5.32 Å². The fourth-order valence-electron chi connectivity index (χ4n) is 1.98. The summed E-state index contributed by atoms with van der Waals surface area (Å²) < 4.78 is 24.5. The van der Waals surface area contributed by atoms with Gasteiger partial charge in [-0.05, 0) is 11.6 Å². The lowest BCUT2D eigenvalue weighted by Gasteiger charge is -2.17. The van der Waals surface area contributed by atoms with E-state index in [1.165, 1.54) is 6.07 Å². The molecule has 23 heavy (non-hydrogen) atoms. The smallest absolute Gasteiger partial charge is 0.305 e. The molecule has 0 spiro atoms. The Morgan fingerprint density at radius 1 is 1.26 bits per heavy atom. The van der Waals surface area contributed by atoms with Crippen molar-refractivity contribution < 1.29 is 18.8 Å². The van der Waals surface area contributed by atoms with Crippen LogP contribution in [0.5, 0.6) is 0 Å². The molecule has 1 fully saturated rings. The maximum absolute atomic E-state index is 13.5. The van der Waals surface area contributed by atoms with Crippen LogP contribution in [0.3, 0.4) is 0 Å². The second kappa shape index (κ2) is 10.1. The monoisotopic (exact) mass is 362 g/mol. The molecule has 1 aliphatic heterocycles. The number of nitro benzene ring substituents is 1. The summed E-state index contributed by atoms with van der Waals surface area (Å²) in [7, 11) is 0. The summed E-state index contributed by atoms with van der Waals surface area (Å²) >= 11 is 3.34. The molecule has 1 saturated heterocycles. The van der Waals surface area contributed by atoms with Gasteiger partial charge in [-0.2, -0.15) is 4.39 Å². The Labute approximate surface area is 142 Å². The Morgan fingerprint density at radius 2 is 2.09 bits per heavy atom. The average molecular weight is 362 g/mol. The number of hydrogen-bond acceptors (Lipinski definition) is 7. The summed E-state index contributed by atoms with van der Waals surface area (Å²) in [6.45, 7) is 2.08. The van der Waals surface area contributed by atoms with E-state index in [0.717, 1.165) is 17.7 Å². The first kappa shape index (κ1) is 18.5. The third-order valence-electron chi connectivity index (χ3n) is 3.14. The quantitative estimate of drug-likeness (QED) is 0.640. The average Bonchev–Trinajstić information content (AvgIpc) is 2.56. The second-order valence-electron chi connectivity index (χ2n) is 4.76. The van der Waals surface area contributed by atoms with Gasteiger partial charge in [0.1, 0.15) is 0 Å². The Bertz CT molecular complexity index is 508. The summed E-state index contributed by atoms with van der Waals surface area (Å²) in [6, 6.07) is 4.01. The van der Waals surface area contributed by atoms with Gasteiger partial charge >= 0.3 is 5.69 Å². The number of thioether (sulfide) groups is 2. The predicted molar refractivity (Wildman–Crippen MR) is 90.4 cm³/mol. The molecule has 0 radical (unpaired) electrons. The molecule has 1 heterocycles. The molecule has 9 heteroatoms. The number of ether oxygens (including phenoxy) is 2.